The van der Waals surface area contributed by atoms with Crippen molar-refractivity contribution in [3.05, 3.63) is 47.8 Å². The van der Waals surface area contributed by atoms with E-state index >= 15 is 0 Å². The largest absolute Gasteiger partial charge is 0.492 e. The van der Waals surface area contributed by atoms with Crippen molar-refractivity contribution in [2.75, 3.05) is 6.61 Å². The van der Waals surface area contributed by atoms with Crippen LogP contribution in [0, 0.1) is 6.92 Å². The van der Waals surface area contributed by atoms with Crippen LogP contribution >= 0.6 is 0 Å². The Morgan fingerprint density at radius 2 is 2.20 bits per heavy atom. The summed E-state index contributed by atoms with van der Waals surface area (Å²) < 4.78 is 7.32. The fourth-order valence-electron chi connectivity index (χ4n) is 1.90. The van der Waals surface area contributed by atoms with Crippen LogP contribution < -0.4 is 4.74 Å². The zero-order valence-corrected chi connectivity index (χ0v) is 11.4. The maximum Gasteiger partial charge on any atom is 0.328 e. The second kappa shape index (κ2) is 6.06. The Balaban J connectivity index is 2.42. The number of ether oxygens (including phenoxy) is 1. The van der Waals surface area contributed by atoms with Crippen molar-refractivity contribution in [1.82, 2.24) is 9.78 Å². The van der Waals surface area contributed by atoms with Gasteiger partial charge in [0.15, 0.2) is 0 Å². The minimum atomic E-state index is -0.980. The highest BCUT2D eigenvalue weighted by Crippen LogP contribution is 2.24. The number of hydrogen-bond acceptors (Lipinski definition) is 3. The minimum absolute atomic E-state index is 0.573. The number of aromatic nitrogens is 2. The highest BCUT2D eigenvalue weighted by atomic mass is 16.5. The number of carboxylic acid groups (broad SMARTS) is 1. The van der Waals surface area contributed by atoms with Crippen LogP contribution in [0.3, 0.4) is 0 Å². The Hall–Kier alpha value is -2.56. The first kappa shape index (κ1) is 13.9. The van der Waals surface area contributed by atoms with Gasteiger partial charge in [0.2, 0.25) is 0 Å². The Kier molecular flexibility index (Phi) is 4.20. The fraction of sp³-hybridized carbons (Fsp3) is 0.200. The summed E-state index contributed by atoms with van der Waals surface area (Å²) in [7, 11) is 0. The quantitative estimate of drug-likeness (QED) is 0.850. The van der Waals surface area contributed by atoms with E-state index in [0.29, 0.717) is 6.61 Å². The summed E-state index contributed by atoms with van der Waals surface area (Å²) in [5.74, 6) is -0.234. The van der Waals surface area contributed by atoms with Crippen LogP contribution in [-0.2, 0) is 4.79 Å². The van der Waals surface area contributed by atoms with Gasteiger partial charge in [0.25, 0.3) is 0 Å². The van der Waals surface area contributed by atoms with Crippen LogP contribution in [-0.4, -0.2) is 27.5 Å². The van der Waals surface area contributed by atoms with Crippen LogP contribution in [0.4, 0.5) is 0 Å². The van der Waals surface area contributed by atoms with E-state index in [1.807, 2.05) is 38.1 Å². The molecule has 20 heavy (non-hydrogen) atoms. The molecule has 0 atom stereocenters. The first-order chi connectivity index (χ1) is 9.63. The zero-order valence-electron chi connectivity index (χ0n) is 11.4. The van der Waals surface area contributed by atoms with Gasteiger partial charge in [-0.15, -0.1) is 0 Å². The lowest BCUT2D eigenvalue weighted by molar-refractivity contribution is -0.131. The molecule has 2 rings (SSSR count). The number of carbonyl (C=O) groups is 1. The van der Waals surface area contributed by atoms with Crippen LogP contribution in [0.1, 0.15) is 18.2 Å². The average molecular weight is 272 g/mol. The molecule has 1 aromatic carbocycles. The SMILES string of the molecule is CCOc1ccccc1-n1ncc(/C=C/C(=O)O)c1C. The third-order valence-electron chi connectivity index (χ3n) is 2.85. The van der Waals surface area contributed by atoms with Gasteiger partial charge in [-0.2, -0.15) is 5.10 Å². The van der Waals surface area contributed by atoms with E-state index in [2.05, 4.69) is 5.10 Å². The van der Waals surface area contributed by atoms with E-state index in [1.165, 1.54) is 6.08 Å². The average Bonchev–Trinajstić information content (AvgIpc) is 2.79. The molecule has 0 amide bonds. The molecule has 0 spiro atoms. The molecule has 0 saturated heterocycles. The molecule has 1 aromatic heterocycles. The smallest absolute Gasteiger partial charge is 0.328 e. The van der Waals surface area contributed by atoms with Crippen molar-refractivity contribution in [2.45, 2.75) is 13.8 Å². The molecule has 0 radical (unpaired) electrons. The molecule has 104 valence electrons. The van der Waals surface area contributed by atoms with Gasteiger partial charge in [-0.1, -0.05) is 12.1 Å². The third-order valence-corrected chi connectivity index (χ3v) is 2.85. The molecule has 0 aliphatic carbocycles. The van der Waals surface area contributed by atoms with Gasteiger partial charge in [-0.3, -0.25) is 0 Å². The highest BCUT2D eigenvalue weighted by molar-refractivity contribution is 5.85. The van der Waals surface area contributed by atoms with Crippen molar-refractivity contribution in [3.8, 4) is 11.4 Å². The van der Waals surface area contributed by atoms with Gasteiger partial charge < -0.3 is 9.84 Å². The Morgan fingerprint density at radius 3 is 2.90 bits per heavy atom. The molecule has 0 bridgehead atoms. The highest BCUT2D eigenvalue weighted by Gasteiger charge is 2.10. The summed E-state index contributed by atoms with van der Waals surface area (Å²) >= 11 is 0. The standard InChI is InChI=1S/C15H16N2O3/c1-3-20-14-7-5-4-6-13(14)17-11(2)12(10-16-17)8-9-15(18)19/h4-10H,3H2,1-2H3,(H,18,19)/b9-8+. The molecule has 2 aromatic rings. The lowest BCUT2D eigenvalue weighted by Gasteiger charge is -2.11. The van der Waals surface area contributed by atoms with E-state index < -0.39 is 5.97 Å². The predicted octanol–water partition coefficient (Wildman–Crippen LogP) is 2.68. The second-order valence-corrected chi connectivity index (χ2v) is 4.17. The Morgan fingerprint density at radius 1 is 1.45 bits per heavy atom. The number of hydrogen-bond donors (Lipinski definition) is 1. The number of carboxylic acids is 1. The molecule has 0 saturated carbocycles. The van der Waals surface area contributed by atoms with Gasteiger partial charge in [0.05, 0.1) is 12.8 Å². The maximum atomic E-state index is 10.6. The first-order valence-corrected chi connectivity index (χ1v) is 6.31. The van der Waals surface area contributed by atoms with Gasteiger partial charge in [-0.05, 0) is 32.1 Å². The van der Waals surface area contributed by atoms with Gasteiger partial charge in [-0.25, -0.2) is 9.48 Å². The summed E-state index contributed by atoms with van der Waals surface area (Å²) in [6, 6.07) is 7.60. The molecule has 1 heterocycles. The van der Waals surface area contributed by atoms with Crippen molar-refractivity contribution < 1.29 is 14.6 Å². The van der Waals surface area contributed by atoms with Crippen LogP contribution in [0.5, 0.6) is 5.75 Å². The van der Waals surface area contributed by atoms with E-state index in [-0.39, 0.29) is 0 Å². The summed E-state index contributed by atoms with van der Waals surface area (Å²) in [5, 5.41) is 13.0. The van der Waals surface area contributed by atoms with Crippen LogP contribution in [0.2, 0.25) is 0 Å². The van der Waals surface area contributed by atoms with Gasteiger partial charge in [0.1, 0.15) is 11.4 Å². The van der Waals surface area contributed by atoms with Crippen molar-refractivity contribution in [2.24, 2.45) is 0 Å². The van der Waals surface area contributed by atoms with E-state index in [1.54, 1.807) is 10.9 Å². The van der Waals surface area contributed by atoms with Gasteiger partial charge >= 0.3 is 5.97 Å². The monoisotopic (exact) mass is 272 g/mol. The van der Waals surface area contributed by atoms with Crippen LogP contribution in [0.15, 0.2) is 36.5 Å². The molecular weight excluding hydrogens is 256 g/mol. The molecular formula is C15H16N2O3. The number of para-hydroxylation sites is 2. The maximum absolute atomic E-state index is 10.6. The number of benzene rings is 1. The summed E-state index contributed by atoms with van der Waals surface area (Å²) in [6.07, 6.45) is 4.27. The fourth-order valence-corrected chi connectivity index (χ4v) is 1.90. The summed E-state index contributed by atoms with van der Waals surface area (Å²) in [4.78, 5) is 10.6. The van der Waals surface area contributed by atoms with Crippen molar-refractivity contribution >= 4 is 12.0 Å². The lowest BCUT2D eigenvalue weighted by atomic mass is 10.2. The Bertz CT molecular complexity index is 644. The third kappa shape index (κ3) is 2.88. The van der Waals surface area contributed by atoms with Crippen LogP contribution in [0.25, 0.3) is 11.8 Å². The first-order valence-electron chi connectivity index (χ1n) is 6.31. The topological polar surface area (TPSA) is 64.4 Å². The zero-order chi connectivity index (χ0) is 14.5. The number of aliphatic carboxylic acids is 1. The lowest BCUT2D eigenvalue weighted by Crippen LogP contribution is -2.03. The molecule has 5 heteroatoms. The second-order valence-electron chi connectivity index (χ2n) is 4.17. The molecule has 0 unspecified atom stereocenters. The van der Waals surface area contributed by atoms with Crippen molar-refractivity contribution in [1.29, 1.82) is 0 Å². The van der Waals surface area contributed by atoms with E-state index in [0.717, 1.165) is 28.8 Å². The summed E-state index contributed by atoms with van der Waals surface area (Å²) in [6.45, 7) is 4.38. The number of nitrogens with zero attached hydrogens (tertiary/aromatic N) is 2. The van der Waals surface area contributed by atoms with Gasteiger partial charge in [0, 0.05) is 17.3 Å². The van der Waals surface area contributed by atoms with E-state index in [4.69, 9.17) is 9.84 Å². The molecule has 0 aliphatic rings. The van der Waals surface area contributed by atoms with Crippen molar-refractivity contribution in [3.63, 3.8) is 0 Å². The Labute approximate surface area is 117 Å². The molecule has 0 aliphatic heterocycles. The molecule has 0 fully saturated rings. The summed E-state index contributed by atoms with van der Waals surface area (Å²) in [5.41, 5.74) is 2.45. The minimum Gasteiger partial charge on any atom is -0.492 e. The van der Waals surface area contributed by atoms with E-state index in [9.17, 15) is 4.79 Å². The normalized spacial score (nSPS) is 10.9. The number of rotatable bonds is 5. The predicted molar refractivity (Wildman–Crippen MR) is 76.1 cm³/mol. The molecule has 1 N–H and O–H groups in total. The molecule has 5 nitrogen and oxygen atoms in total.